The summed E-state index contributed by atoms with van der Waals surface area (Å²) in [5.74, 6) is -6.98. The van der Waals surface area contributed by atoms with Crippen molar-refractivity contribution in [1.29, 1.82) is 0 Å². The van der Waals surface area contributed by atoms with E-state index in [1.807, 2.05) is 0 Å². The first-order valence-electron chi connectivity index (χ1n) is 6.51. The zero-order valence-electron chi connectivity index (χ0n) is 12.4. The molecule has 0 radical (unpaired) electrons. The van der Waals surface area contributed by atoms with Crippen molar-refractivity contribution in [3.05, 3.63) is 32.2 Å². The number of hydrogen-bond acceptors (Lipinski definition) is 0. The molecule has 156 valence electrons. The highest BCUT2D eigenvalue weighted by Crippen LogP contribution is 2.59. The molecule has 1 aromatic carbocycles. The third-order valence-corrected chi connectivity index (χ3v) is 4.53. The van der Waals surface area contributed by atoms with Gasteiger partial charge in [0.05, 0.1) is 0 Å². The van der Waals surface area contributed by atoms with Gasteiger partial charge in [0, 0.05) is 20.9 Å². The fraction of sp³-hybridized carbons (Fsp3) is 0.538. The Bertz CT molecular complexity index is 688. The summed E-state index contributed by atoms with van der Waals surface area (Å²) in [5, 5.41) is 0. The Labute approximate surface area is 160 Å². The topological polar surface area (TPSA) is 0 Å². The predicted molar refractivity (Wildman–Crippen MR) is 76.1 cm³/mol. The van der Waals surface area contributed by atoms with E-state index in [2.05, 4.69) is 31.9 Å². The van der Waals surface area contributed by atoms with E-state index in [1.54, 1.807) is 0 Å². The molecular weight excluding hydrogens is 544 g/mol. The lowest BCUT2D eigenvalue weighted by Crippen LogP contribution is -2.60. The average molecular weight is 550 g/mol. The Balaban J connectivity index is 3.84. The van der Waals surface area contributed by atoms with Gasteiger partial charge in [0.2, 0.25) is 0 Å². The maximum Gasteiger partial charge on any atom is 0.457 e. The van der Waals surface area contributed by atoms with E-state index in [-0.39, 0.29) is 6.07 Å². The summed E-state index contributed by atoms with van der Waals surface area (Å²) in [4.78, 5) is 0. The highest BCUT2D eigenvalue weighted by Gasteiger charge is 2.82. The first-order chi connectivity index (χ1) is 11.8. The Morgan fingerprint density at radius 2 is 1.19 bits per heavy atom. The fourth-order valence-corrected chi connectivity index (χ4v) is 3.55. The Morgan fingerprint density at radius 1 is 0.704 bits per heavy atom. The first kappa shape index (κ1) is 24.4. The van der Waals surface area contributed by atoms with Gasteiger partial charge in [-0.05, 0) is 24.1 Å². The van der Waals surface area contributed by atoms with Crippen LogP contribution in [0.4, 0.5) is 52.7 Å². The molecule has 1 atom stereocenters. The summed E-state index contributed by atoms with van der Waals surface area (Å²) in [6.45, 7) is 0. The van der Waals surface area contributed by atoms with Crippen LogP contribution in [0.15, 0.2) is 21.1 Å². The summed E-state index contributed by atoms with van der Waals surface area (Å²) < 4.78 is 155. The Morgan fingerprint density at radius 3 is 1.56 bits per heavy atom. The molecule has 27 heavy (non-hydrogen) atoms. The van der Waals surface area contributed by atoms with Crippen LogP contribution in [0.5, 0.6) is 0 Å². The molecule has 14 heteroatoms. The molecule has 0 saturated heterocycles. The molecule has 1 aromatic rings. The summed E-state index contributed by atoms with van der Waals surface area (Å²) in [5.41, 5.74) is -9.92. The Kier molecular flexibility index (Phi) is 6.59. The lowest BCUT2D eigenvalue weighted by Gasteiger charge is -2.37. The molecular formula is C13H6Br2F12. The van der Waals surface area contributed by atoms with Gasteiger partial charge in [-0.25, -0.2) is 4.39 Å². The van der Waals surface area contributed by atoms with Gasteiger partial charge in [0.1, 0.15) is 0 Å². The number of alkyl halides is 12. The third-order valence-electron chi connectivity index (χ3n) is 3.37. The summed E-state index contributed by atoms with van der Waals surface area (Å²) in [6, 6.07) is 0.737. The lowest BCUT2D eigenvalue weighted by atomic mass is 9.83. The van der Waals surface area contributed by atoms with Crippen molar-refractivity contribution in [2.45, 2.75) is 43.0 Å². The molecule has 0 bridgehead atoms. The van der Waals surface area contributed by atoms with Gasteiger partial charge < -0.3 is 0 Å². The van der Waals surface area contributed by atoms with Crippen LogP contribution in [0.2, 0.25) is 0 Å². The molecule has 1 unspecified atom stereocenters. The number of rotatable bonds is 4. The third kappa shape index (κ3) is 4.67. The van der Waals surface area contributed by atoms with Crippen LogP contribution < -0.4 is 0 Å². The quantitative estimate of drug-likeness (QED) is 0.339. The van der Waals surface area contributed by atoms with Gasteiger partial charge >= 0.3 is 30.1 Å². The maximum absolute atomic E-state index is 14.6. The molecule has 0 aliphatic carbocycles. The van der Waals surface area contributed by atoms with Crippen LogP contribution in [-0.2, 0) is 12.1 Å². The Hall–Kier alpha value is -0.660. The summed E-state index contributed by atoms with van der Waals surface area (Å²) in [7, 11) is 0. The van der Waals surface area contributed by atoms with Crippen molar-refractivity contribution >= 4 is 31.9 Å². The number of hydrogen-bond donors (Lipinski definition) is 0. The summed E-state index contributed by atoms with van der Waals surface area (Å²) >= 11 is 4.99. The van der Waals surface area contributed by atoms with Gasteiger partial charge in [0.15, 0.2) is 0 Å². The standard InChI is InChI=1S/C13H6Br2F12/c14-5-3-7(6(8(15)4-5)1-2-9(16,17)18)10(19,12(22,23)24)11(20,21)13(25,26)27/h3-4H,1-2H2. The molecule has 0 spiro atoms. The van der Waals surface area contributed by atoms with Crippen molar-refractivity contribution in [3.63, 3.8) is 0 Å². The highest BCUT2D eigenvalue weighted by molar-refractivity contribution is 9.11. The van der Waals surface area contributed by atoms with E-state index in [1.165, 1.54) is 0 Å². The number of halogens is 14. The molecule has 0 N–H and O–H groups in total. The minimum absolute atomic E-state index is 0.0520. The number of benzene rings is 1. The second-order valence-electron chi connectivity index (χ2n) is 5.26. The van der Waals surface area contributed by atoms with Gasteiger partial charge in [-0.1, -0.05) is 31.9 Å². The van der Waals surface area contributed by atoms with Crippen LogP contribution in [-0.4, -0.2) is 24.5 Å². The molecule has 0 amide bonds. The molecule has 0 heterocycles. The van der Waals surface area contributed by atoms with Gasteiger partial charge in [-0.2, -0.15) is 48.3 Å². The molecule has 0 aromatic heterocycles. The first-order valence-corrected chi connectivity index (χ1v) is 8.09. The van der Waals surface area contributed by atoms with Crippen molar-refractivity contribution in [2.24, 2.45) is 0 Å². The van der Waals surface area contributed by atoms with Crippen LogP contribution >= 0.6 is 31.9 Å². The minimum atomic E-state index is -6.98. The van der Waals surface area contributed by atoms with E-state index >= 15 is 0 Å². The molecule has 0 fully saturated rings. The van der Waals surface area contributed by atoms with Gasteiger partial charge in [-0.15, -0.1) is 0 Å². The lowest BCUT2D eigenvalue weighted by molar-refractivity contribution is -0.389. The van der Waals surface area contributed by atoms with Crippen LogP contribution in [0.1, 0.15) is 17.5 Å². The SMILES string of the molecule is FC(F)(F)CCc1c(Br)cc(Br)cc1C(F)(C(F)(F)F)C(F)(F)C(F)(F)F. The van der Waals surface area contributed by atoms with E-state index in [0.717, 1.165) is 6.07 Å². The van der Waals surface area contributed by atoms with Crippen LogP contribution in [0.25, 0.3) is 0 Å². The zero-order chi connectivity index (χ0) is 21.6. The van der Waals surface area contributed by atoms with Crippen LogP contribution in [0, 0.1) is 0 Å². The van der Waals surface area contributed by atoms with Crippen molar-refractivity contribution in [1.82, 2.24) is 0 Å². The second kappa shape index (κ2) is 7.30. The monoisotopic (exact) mass is 548 g/mol. The average Bonchev–Trinajstić information content (AvgIpc) is 2.40. The van der Waals surface area contributed by atoms with Gasteiger partial charge in [0.25, 0.3) is 0 Å². The predicted octanol–water partition coefficient (Wildman–Crippen LogP) is 7.63. The maximum atomic E-state index is 14.6. The van der Waals surface area contributed by atoms with Crippen molar-refractivity contribution < 1.29 is 52.7 Å². The smallest absolute Gasteiger partial charge is 0.221 e. The van der Waals surface area contributed by atoms with E-state index < -0.39 is 63.0 Å². The van der Waals surface area contributed by atoms with Crippen LogP contribution in [0.3, 0.4) is 0 Å². The van der Waals surface area contributed by atoms with E-state index in [9.17, 15) is 52.7 Å². The van der Waals surface area contributed by atoms with E-state index in [0.29, 0.717) is 0 Å². The molecule has 0 nitrogen and oxygen atoms in total. The fourth-order valence-electron chi connectivity index (χ4n) is 2.13. The minimum Gasteiger partial charge on any atom is -0.221 e. The van der Waals surface area contributed by atoms with Crippen molar-refractivity contribution in [3.8, 4) is 0 Å². The zero-order valence-corrected chi connectivity index (χ0v) is 15.5. The van der Waals surface area contributed by atoms with Crippen molar-refractivity contribution in [2.75, 3.05) is 0 Å². The molecule has 0 aliphatic heterocycles. The molecule has 1 rings (SSSR count). The molecule has 0 saturated carbocycles. The normalized spacial score (nSPS) is 16.4. The highest BCUT2D eigenvalue weighted by atomic mass is 79.9. The second-order valence-corrected chi connectivity index (χ2v) is 7.03. The van der Waals surface area contributed by atoms with E-state index in [4.69, 9.17) is 0 Å². The van der Waals surface area contributed by atoms with Gasteiger partial charge in [-0.3, -0.25) is 0 Å². The summed E-state index contributed by atoms with van der Waals surface area (Å²) in [6.07, 6.45) is -22.1. The molecule has 0 aliphatic rings. The largest absolute Gasteiger partial charge is 0.457 e.